The van der Waals surface area contributed by atoms with Crippen molar-refractivity contribution in [1.29, 1.82) is 0 Å². The number of hydrogen-bond acceptors (Lipinski definition) is 6. The Morgan fingerprint density at radius 1 is 0.750 bits per heavy atom. The van der Waals surface area contributed by atoms with Crippen LogP contribution in [0.1, 0.15) is 20.7 Å². The quantitative estimate of drug-likeness (QED) is 0.515. The topological polar surface area (TPSA) is 91.3 Å². The lowest BCUT2D eigenvalue weighted by atomic mass is 10.2. The van der Waals surface area contributed by atoms with Gasteiger partial charge in [0.2, 0.25) is 0 Å². The minimum absolute atomic E-state index is 0.0974. The van der Waals surface area contributed by atoms with Crippen LogP contribution >= 0.6 is 43.5 Å². The fourth-order valence-electron chi connectivity index (χ4n) is 2.04. The van der Waals surface area contributed by atoms with E-state index in [1.165, 1.54) is 40.6 Å². The highest BCUT2D eigenvalue weighted by atomic mass is 79.9. The minimum Gasteiger partial charge on any atom is -0.496 e. The van der Waals surface area contributed by atoms with Crippen LogP contribution in [0.15, 0.2) is 33.2 Å². The molecule has 2 aromatic rings. The first kappa shape index (κ1) is 24.1. The number of methoxy groups -OCH3 is 4. The third kappa shape index (κ3) is 6.02. The van der Waals surface area contributed by atoms with E-state index in [0.717, 1.165) is 0 Å². The van der Waals surface area contributed by atoms with Gasteiger partial charge in [-0.2, -0.15) is 0 Å². The van der Waals surface area contributed by atoms with E-state index in [4.69, 9.17) is 35.7 Å². The second-order valence-corrected chi connectivity index (χ2v) is 7.00. The highest BCUT2D eigenvalue weighted by Crippen LogP contribution is 2.34. The van der Waals surface area contributed by atoms with Gasteiger partial charge in [0.15, 0.2) is 0 Å². The van der Waals surface area contributed by atoms with Crippen LogP contribution in [0.2, 0.25) is 0 Å². The third-order valence-electron chi connectivity index (χ3n) is 3.39. The van der Waals surface area contributed by atoms with Crippen molar-refractivity contribution in [3.05, 3.63) is 44.3 Å². The molecule has 152 valence electrons. The molecule has 0 bridgehead atoms. The minimum atomic E-state index is -1.04. The Kier molecular flexibility index (Phi) is 9.57. The maximum atomic E-state index is 11.0. The third-order valence-corrected chi connectivity index (χ3v) is 4.83. The zero-order chi connectivity index (χ0) is 21.4. The van der Waals surface area contributed by atoms with E-state index in [0.29, 0.717) is 31.8 Å². The molecule has 0 aliphatic rings. The summed E-state index contributed by atoms with van der Waals surface area (Å²) in [6.07, 6.45) is 0. The number of benzene rings is 2. The van der Waals surface area contributed by atoms with Gasteiger partial charge in [0.05, 0.1) is 42.9 Å². The van der Waals surface area contributed by atoms with Crippen LogP contribution in [0.25, 0.3) is 0 Å². The van der Waals surface area contributed by atoms with Gasteiger partial charge in [0.1, 0.15) is 28.6 Å². The van der Waals surface area contributed by atoms with Crippen LogP contribution in [0.3, 0.4) is 0 Å². The van der Waals surface area contributed by atoms with Crippen molar-refractivity contribution in [3.8, 4) is 23.0 Å². The molecule has 0 radical (unpaired) electrons. The summed E-state index contributed by atoms with van der Waals surface area (Å²) in [5, 5.41) is 8.28. The van der Waals surface area contributed by atoms with E-state index in [1.807, 2.05) is 0 Å². The number of rotatable bonds is 6. The van der Waals surface area contributed by atoms with E-state index < -0.39 is 11.2 Å². The zero-order valence-electron chi connectivity index (χ0n) is 15.3. The second kappa shape index (κ2) is 11.1. The lowest BCUT2D eigenvalue weighted by Crippen LogP contribution is -2.01. The van der Waals surface area contributed by atoms with Crippen LogP contribution < -0.4 is 18.9 Å². The first-order valence-corrected chi connectivity index (χ1v) is 9.42. The molecule has 0 amide bonds. The largest absolute Gasteiger partial charge is 0.496 e. The van der Waals surface area contributed by atoms with Crippen molar-refractivity contribution in [2.75, 3.05) is 28.4 Å². The van der Waals surface area contributed by atoms with Gasteiger partial charge in [0, 0.05) is 12.1 Å². The molecule has 0 saturated heterocycles. The molecule has 7 nitrogen and oxygen atoms in total. The summed E-state index contributed by atoms with van der Waals surface area (Å²) < 4.78 is 21.2. The fourth-order valence-corrected chi connectivity index (χ4v) is 3.20. The Balaban J connectivity index is 0.000000280. The molecule has 0 aliphatic carbocycles. The number of ether oxygens (including phenoxy) is 4. The molecule has 1 N–H and O–H groups in total. The van der Waals surface area contributed by atoms with Crippen molar-refractivity contribution in [2.45, 2.75) is 0 Å². The summed E-state index contributed by atoms with van der Waals surface area (Å²) >= 11 is 11.8. The van der Waals surface area contributed by atoms with Crippen LogP contribution in [0, 0.1) is 0 Å². The van der Waals surface area contributed by atoms with Crippen molar-refractivity contribution in [3.63, 3.8) is 0 Å². The smallest absolute Gasteiger partial charge is 0.339 e. The molecule has 28 heavy (non-hydrogen) atoms. The lowest BCUT2D eigenvalue weighted by Gasteiger charge is -2.09. The molecule has 0 saturated carbocycles. The highest BCUT2D eigenvalue weighted by Gasteiger charge is 2.15. The Labute approximate surface area is 183 Å². The summed E-state index contributed by atoms with van der Waals surface area (Å²) in [5.41, 5.74) is 0.405. The highest BCUT2D eigenvalue weighted by molar-refractivity contribution is 9.10. The van der Waals surface area contributed by atoms with Gasteiger partial charge in [-0.15, -0.1) is 0 Å². The van der Waals surface area contributed by atoms with Crippen LogP contribution in [0.4, 0.5) is 0 Å². The molecule has 0 fully saturated rings. The Morgan fingerprint density at radius 2 is 1.11 bits per heavy atom. The molecule has 0 aromatic heterocycles. The standard InChI is InChI=1S/C9H8BrClO3.C9H9BrO4/c2*1-13-7-4-8(14-2)6(10)3-5(7)9(11)12/h3-4H,1-2H3;3-4H,1-2H3,(H,11,12). The molecule has 0 spiro atoms. The predicted octanol–water partition coefficient (Wildman–Crippen LogP) is 5.01. The van der Waals surface area contributed by atoms with Gasteiger partial charge < -0.3 is 24.1 Å². The number of carbonyl (C=O) groups excluding carboxylic acids is 1. The van der Waals surface area contributed by atoms with Gasteiger partial charge in [-0.25, -0.2) is 4.79 Å². The number of halogens is 3. The van der Waals surface area contributed by atoms with E-state index in [1.54, 1.807) is 12.1 Å². The predicted molar refractivity (Wildman–Crippen MR) is 112 cm³/mol. The number of carboxylic acid groups (broad SMARTS) is 1. The summed E-state index contributed by atoms with van der Waals surface area (Å²) in [6, 6.07) is 6.13. The molecule has 0 heterocycles. The molecule has 2 aromatic carbocycles. The maximum Gasteiger partial charge on any atom is 0.339 e. The Morgan fingerprint density at radius 3 is 1.43 bits per heavy atom. The van der Waals surface area contributed by atoms with Crippen molar-refractivity contribution in [2.24, 2.45) is 0 Å². The number of carbonyl (C=O) groups is 2. The van der Waals surface area contributed by atoms with Gasteiger partial charge in [0.25, 0.3) is 5.24 Å². The Hall–Kier alpha value is -1.97. The average Bonchev–Trinajstić information content (AvgIpc) is 2.67. The van der Waals surface area contributed by atoms with Gasteiger partial charge in [-0.1, -0.05) is 0 Å². The second-order valence-electron chi connectivity index (χ2n) is 4.95. The van der Waals surface area contributed by atoms with Crippen LogP contribution in [-0.2, 0) is 0 Å². The van der Waals surface area contributed by atoms with Crippen molar-refractivity contribution in [1.82, 2.24) is 0 Å². The maximum absolute atomic E-state index is 11.0. The summed E-state index contributed by atoms with van der Waals surface area (Å²) in [7, 11) is 5.91. The Bertz CT molecular complexity index is 800. The normalized spacial score (nSPS) is 9.68. The van der Waals surface area contributed by atoms with Gasteiger partial charge in [-0.3, -0.25) is 4.79 Å². The molecular weight excluding hydrogens is 523 g/mol. The SMILES string of the molecule is COc1cc(OC)c(C(=O)Cl)cc1Br.COc1cc(OC)c(C(=O)O)cc1Br. The summed E-state index contributed by atoms with van der Waals surface area (Å²) in [6.45, 7) is 0. The monoisotopic (exact) mass is 538 g/mol. The summed E-state index contributed by atoms with van der Waals surface area (Å²) in [5.74, 6) is 0.753. The number of aromatic carboxylic acids is 1. The van der Waals surface area contributed by atoms with Gasteiger partial charge in [-0.05, 0) is 55.6 Å². The molecular formula is C18H17Br2ClO7. The summed E-state index contributed by atoms with van der Waals surface area (Å²) in [4.78, 5) is 21.8. The molecule has 0 unspecified atom stereocenters. The molecule has 0 atom stereocenters. The number of hydrogen-bond donors (Lipinski definition) is 1. The molecule has 2 rings (SSSR count). The van der Waals surface area contributed by atoms with Crippen LogP contribution in [-0.4, -0.2) is 44.8 Å². The average molecular weight is 541 g/mol. The van der Waals surface area contributed by atoms with E-state index in [9.17, 15) is 9.59 Å². The van der Waals surface area contributed by atoms with E-state index in [-0.39, 0.29) is 11.3 Å². The van der Waals surface area contributed by atoms with Crippen LogP contribution in [0.5, 0.6) is 23.0 Å². The number of carboxylic acids is 1. The first-order valence-electron chi connectivity index (χ1n) is 7.46. The van der Waals surface area contributed by atoms with Gasteiger partial charge >= 0.3 is 5.97 Å². The van der Waals surface area contributed by atoms with Crippen molar-refractivity contribution < 1.29 is 33.6 Å². The van der Waals surface area contributed by atoms with E-state index in [2.05, 4.69) is 31.9 Å². The molecule has 0 aliphatic heterocycles. The first-order chi connectivity index (χ1) is 13.2. The fraction of sp³-hybridized carbons (Fsp3) is 0.222. The van der Waals surface area contributed by atoms with E-state index >= 15 is 0 Å². The zero-order valence-corrected chi connectivity index (χ0v) is 19.3. The molecule has 10 heteroatoms. The van der Waals surface area contributed by atoms with Crippen molar-refractivity contribution >= 4 is 54.7 Å². The lowest BCUT2D eigenvalue weighted by molar-refractivity contribution is 0.0693.